The van der Waals surface area contributed by atoms with Crippen molar-refractivity contribution in [2.24, 2.45) is 0 Å². The standard InChI is InChI=1S/C23H30N6O2/c1-30-17-16-29-23(24-25-26-29)22(20-10-6-7-11-21(20)31-2)28-14-12-27(13-15-28)18-19-8-4-3-5-9-19/h3-11,22H,12-18H2,1-2H3/p+2/t22-/m1/s1. The van der Waals surface area contributed by atoms with E-state index in [9.17, 15) is 0 Å². The van der Waals surface area contributed by atoms with Crippen molar-refractivity contribution in [1.82, 2.24) is 20.2 Å². The Hall–Kier alpha value is -2.81. The number of para-hydroxylation sites is 1. The number of ether oxygens (including phenoxy) is 2. The van der Waals surface area contributed by atoms with E-state index in [1.165, 1.54) is 10.5 Å². The quantitative estimate of drug-likeness (QED) is 0.480. The van der Waals surface area contributed by atoms with E-state index in [4.69, 9.17) is 9.47 Å². The lowest BCUT2D eigenvalue weighted by molar-refractivity contribution is -1.03. The summed E-state index contributed by atoms with van der Waals surface area (Å²) in [7, 11) is 3.42. The summed E-state index contributed by atoms with van der Waals surface area (Å²) in [5.74, 6) is 1.74. The third-order valence-corrected chi connectivity index (χ3v) is 6.08. The maximum Gasteiger partial charge on any atom is 0.214 e. The van der Waals surface area contributed by atoms with Gasteiger partial charge in [-0.1, -0.05) is 42.5 Å². The Bertz CT molecular complexity index is 940. The number of nitrogens with zero attached hydrogens (tertiary/aromatic N) is 4. The van der Waals surface area contributed by atoms with E-state index in [1.54, 1.807) is 19.1 Å². The zero-order chi connectivity index (χ0) is 21.5. The molecule has 8 heteroatoms. The van der Waals surface area contributed by atoms with Crippen molar-refractivity contribution < 1.29 is 19.3 Å². The number of quaternary nitrogens is 2. The number of hydrogen-bond acceptors (Lipinski definition) is 5. The van der Waals surface area contributed by atoms with Gasteiger partial charge in [0.15, 0.2) is 6.04 Å². The molecular formula is C23H32N6O2+2. The molecule has 4 rings (SSSR count). The van der Waals surface area contributed by atoms with Gasteiger partial charge < -0.3 is 19.3 Å². The lowest BCUT2D eigenvalue weighted by atomic mass is 10.0. The summed E-state index contributed by atoms with van der Waals surface area (Å²) in [6.45, 7) is 6.57. The first-order valence-electron chi connectivity index (χ1n) is 10.9. The average molecular weight is 425 g/mol. The third kappa shape index (κ3) is 5.10. The monoisotopic (exact) mass is 424 g/mol. The Labute approximate surface area is 183 Å². The summed E-state index contributed by atoms with van der Waals surface area (Å²) in [5.41, 5.74) is 2.52. The highest BCUT2D eigenvalue weighted by Gasteiger charge is 2.37. The minimum absolute atomic E-state index is 0.0151. The Morgan fingerprint density at radius 2 is 1.71 bits per heavy atom. The fourth-order valence-electron chi connectivity index (χ4n) is 4.48. The zero-order valence-electron chi connectivity index (χ0n) is 18.3. The molecule has 1 saturated heterocycles. The van der Waals surface area contributed by atoms with Crippen LogP contribution in [0.15, 0.2) is 54.6 Å². The van der Waals surface area contributed by atoms with Gasteiger partial charge in [0.25, 0.3) is 0 Å². The molecule has 2 aromatic carbocycles. The van der Waals surface area contributed by atoms with E-state index in [1.807, 2.05) is 16.8 Å². The number of hydrogen-bond donors (Lipinski definition) is 2. The van der Waals surface area contributed by atoms with Crippen LogP contribution in [0.4, 0.5) is 0 Å². The first kappa shape index (κ1) is 21.4. The molecule has 3 aromatic rings. The van der Waals surface area contributed by atoms with E-state index in [-0.39, 0.29) is 6.04 Å². The van der Waals surface area contributed by atoms with Crippen molar-refractivity contribution >= 4 is 0 Å². The number of benzene rings is 2. The summed E-state index contributed by atoms with van der Waals surface area (Å²) < 4.78 is 12.9. The van der Waals surface area contributed by atoms with Crippen molar-refractivity contribution in [2.45, 2.75) is 19.1 Å². The Kier molecular flexibility index (Phi) is 7.24. The molecule has 1 atom stereocenters. The molecule has 0 bridgehead atoms. The number of rotatable bonds is 9. The van der Waals surface area contributed by atoms with Crippen molar-refractivity contribution in [3.63, 3.8) is 0 Å². The van der Waals surface area contributed by atoms with Gasteiger partial charge in [0.05, 0.1) is 25.8 Å². The molecule has 0 radical (unpaired) electrons. The number of aromatic nitrogens is 4. The summed E-state index contributed by atoms with van der Waals surface area (Å²) in [6, 6.07) is 19.0. The highest BCUT2D eigenvalue weighted by Crippen LogP contribution is 2.26. The number of nitrogens with one attached hydrogen (secondary N) is 2. The van der Waals surface area contributed by atoms with Crippen LogP contribution in [-0.4, -0.2) is 67.2 Å². The smallest absolute Gasteiger partial charge is 0.214 e. The van der Waals surface area contributed by atoms with Gasteiger partial charge in [0.1, 0.15) is 38.5 Å². The molecule has 0 amide bonds. The fourth-order valence-corrected chi connectivity index (χ4v) is 4.48. The van der Waals surface area contributed by atoms with Gasteiger partial charge in [0, 0.05) is 12.7 Å². The third-order valence-electron chi connectivity index (χ3n) is 6.08. The zero-order valence-corrected chi connectivity index (χ0v) is 18.3. The molecule has 1 aliphatic rings. The maximum atomic E-state index is 5.72. The summed E-state index contributed by atoms with van der Waals surface area (Å²) in [6.07, 6.45) is 0. The highest BCUT2D eigenvalue weighted by molar-refractivity contribution is 5.37. The van der Waals surface area contributed by atoms with E-state index in [0.717, 1.165) is 49.9 Å². The van der Waals surface area contributed by atoms with Crippen LogP contribution in [0, 0.1) is 0 Å². The van der Waals surface area contributed by atoms with Gasteiger partial charge in [-0.15, -0.1) is 5.10 Å². The predicted octanol–water partition coefficient (Wildman–Crippen LogP) is -0.599. The number of piperazine rings is 1. The second kappa shape index (κ2) is 10.5. The van der Waals surface area contributed by atoms with Gasteiger partial charge in [-0.2, -0.15) is 0 Å². The summed E-state index contributed by atoms with van der Waals surface area (Å²) in [5, 5.41) is 12.7. The second-order valence-electron chi connectivity index (χ2n) is 8.00. The Morgan fingerprint density at radius 3 is 2.45 bits per heavy atom. The molecule has 164 valence electrons. The molecule has 31 heavy (non-hydrogen) atoms. The molecule has 0 unspecified atom stereocenters. The minimum atomic E-state index is 0.0151. The molecule has 0 saturated carbocycles. The molecule has 1 aliphatic heterocycles. The summed E-state index contributed by atoms with van der Waals surface area (Å²) in [4.78, 5) is 3.09. The van der Waals surface area contributed by atoms with Crippen molar-refractivity contribution in [3.05, 3.63) is 71.5 Å². The van der Waals surface area contributed by atoms with Crippen LogP contribution in [0.1, 0.15) is 23.0 Å². The van der Waals surface area contributed by atoms with Crippen LogP contribution in [0.3, 0.4) is 0 Å². The van der Waals surface area contributed by atoms with Gasteiger partial charge >= 0.3 is 0 Å². The van der Waals surface area contributed by atoms with Gasteiger partial charge in [-0.25, -0.2) is 4.68 Å². The lowest BCUT2D eigenvalue weighted by Gasteiger charge is -2.34. The van der Waals surface area contributed by atoms with Gasteiger partial charge in [-0.05, 0) is 22.6 Å². The summed E-state index contributed by atoms with van der Waals surface area (Å²) >= 11 is 0. The fraction of sp³-hybridized carbons (Fsp3) is 0.435. The molecule has 1 fully saturated rings. The van der Waals surface area contributed by atoms with Crippen LogP contribution >= 0.6 is 0 Å². The van der Waals surface area contributed by atoms with Crippen molar-refractivity contribution in [2.75, 3.05) is 47.0 Å². The van der Waals surface area contributed by atoms with Crippen LogP contribution in [0.25, 0.3) is 0 Å². The van der Waals surface area contributed by atoms with E-state index >= 15 is 0 Å². The molecular weight excluding hydrogens is 392 g/mol. The topological polar surface area (TPSA) is 70.9 Å². The first-order valence-corrected chi connectivity index (χ1v) is 10.9. The average Bonchev–Trinajstić information content (AvgIpc) is 3.28. The van der Waals surface area contributed by atoms with Crippen molar-refractivity contribution in [3.8, 4) is 5.75 Å². The van der Waals surface area contributed by atoms with E-state index in [2.05, 4.69) is 58.0 Å². The minimum Gasteiger partial charge on any atom is -0.496 e. The van der Waals surface area contributed by atoms with E-state index in [0.29, 0.717) is 13.2 Å². The molecule has 1 aromatic heterocycles. The van der Waals surface area contributed by atoms with Gasteiger partial charge in [0.2, 0.25) is 5.82 Å². The SMILES string of the molecule is COCCn1nnnc1[C@@H](c1ccccc1OC)[NH+]1CC[NH+](Cc2ccccc2)CC1. The lowest BCUT2D eigenvalue weighted by Crippen LogP contribution is -3.27. The van der Waals surface area contributed by atoms with Crippen LogP contribution in [-0.2, 0) is 17.8 Å². The highest BCUT2D eigenvalue weighted by atomic mass is 16.5. The largest absolute Gasteiger partial charge is 0.496 e. The van der Waals surface area contributed by atoms with Crippen LogP contribution in [0.2, 0.25) is 0 Å². The second-order valence-corrected chi connectivity index (χ2v) is 8.00. The normalized spacial score (nSPS) is 19.8. The molecule has 0 spiro atoms. The van der Waals surface area contributed by atoms with Crippen LogP contribution in [0.5, 0.6) is 5.75 Å². The van der Waals surface area contributed by atoms with E-state index < -0.39 is 0 Å². The molecule has 0 aliphatic carbocycles. The number of methoxy groups -OCH3 is 2. The maximum absolute atomic E-state index is 5.72. The van der Waals surface area contributed by atoms with Crippen LogP contribution < -0.4 is 14.5 Å². The van der Waals surface area contributed by atoms with Crippen molar-refractivity contribution in [1.29, 1.82) is 0 Å². The predicted molar refractivity (Wildman–Crippen MR) is 116 cm³/mol. The Balaban J connectivity index is 1.56. The first-order chi connectivity index (χ1) is 15.3. The Morgan fingerprint density at radius 1 is 0.968 bits per heavy atom. The van der Waals surface area contributed by atoms with Gasteiger partial charge in [-0.3, -0.25) is 0 Å². The molecule has 2 N–H and O–H groups in total. The molecule has 2 heterocycles. The molecule has 8 nitrogen and oxygen atoms in total. The number of tetrazole rings is 1.